The largest absolute Gasteiger partial charge is 0.478 e. The van der Waals surface area contributed by atoms with Crippen molar-refractivity contribution in [2.24, 2.45) is 0 Å². The summed E-state index contributed by atoms with van der Waals surface area (Å²) in [5.74, 6) is -0.525. The SMILES string of the molecule is Cc1ccc(Oc2ccccc2C(=O)O)nn1. The Morgan fingerprint density at radius 3 is 2.59 bits per heavy atom. The quantitative estimate of drug-likeness (QED) is 0.875. The Balaban J connectivity index is 2.30. The Morgan fingerprint density at radius 2 is 1.94 bits per heavy atom. The van der Waals surface area contributed by atoms with Crippen LogP contribution in [0.1, 0.15) is 16.1 Å². The van der Waals surface area contributed by atoms with Crippen molar-refractivity contribution in [3.05, 3.63) is 47.7 Å². The van der Waals surface area contributed by atoms with Crippen LogP contribution in [0.15, 0.2) is 36.4 Å². The molecule has 0 aliphatic carbocycles. The normalized spacial score (nSPS) is 9.94. The van der Waals surface area contributed by atoms with Crippen LogP contribution >= 0.6 is 0 Å². The molecular formula is C12H10N2O3. The van der Waals surface area contributed by atoms with Crippen molar-refractivity contribution in [3.63, 3.8) is 0 Å². The van der Waals surface area contributed by atoms with Crippen LogP contribution in [-0.4, -0.2) is 21.3 Å². The third kappa shape index (κ3) is 2.57. The molecule has 0 amide bonds. The molecule has 2 rings (SSSR count). The molecule has 0 unspecified atom stereocenters. The van der Waals surface area contributed by atoms with E-state index in [1.807, 2.05) is 6.92 Å². The standard InChI is InChI=1S/C12H10N2O3/c1-8-6-7-11(14-13-8)17-10-5-3-2-4-9(10)12(15)16/h2-7H,1H3,(H,15,16). The number of carboxylic acids is 1. The molecule has 0 saturated heterocycles. The maximum atomic E-state index is 11.0. The summed E-state index contributed by atoms with van der Waals surface area (Å²) in [6.45, 7) is 1.81. The van der Waals surface area contributed by atoms with Crippen molar-refractivity contribution in [1.82, 2.24) is 10.2 Å². The van der Waals surface area contributed by atoms with Gasteiger partial charge in [0.15, 0.2) is 0 Å². The lowest BCUT2D eigenvalue weighted by Crippen LogP contribution is -2.00. The van der Waals surface area contributed by atoms with E-state index >= 15 is 0 Å². The van der Waals surface area contributed by atoms with E-state index in [0.29, 0.717) is 0 Å². The molecule has 0 atom stereocenters. The number of rotatable bonds is 3. The lowest BCUT2D eigenvalue weighted by molar-refractivity contribution is 0.0694. The van der Waals surface area contributed by atoms with Crippen LogP contribution in [0.2, 0.25) is 0 Å². The van der Waals surface area contributed by atoms with Gasteiger partial charge in [-0.3, -0.25) is 0 Å². The molecule has 2 aromatic rings. The minimum atomic E-state index is -1.04. The van der Waals surface area contributed by atoms with Gasteiger partial charge in [-0.15, -0.1) is 5.10 Å². The lowest BCUT2D eigenvalue weighted by atomic mass is 10.2. The molecule has 1 N–H and O–H groups in total. The molecule has 1 aromatic carbocycles. The zero-order valence-electron chi connectivity index (χ0n) is 9.12. The highest BCUT2D eigenvalue weighted by molar-refractivity contribution is 5.90. The van der Waals surface area contributed by atoms with Gasteiger partial charge in [0, 0.05) is 6.07 Å². The van der Waals surface area contributed by atoms with Crippen molar-refractivity contribution in [2.75, 3.05) is 0 Å². The Morgan fingerprint density at radius 1 is 1.18 bits per heavy atom. The fourth-order valence-electron chi connectivity index (χ4n) is 1.29. The highest BCUT2D eigenvalue weighted by Gasteiger charge is 2.11. The van der Waals surface area contributed by atoms with Crippen molar-refractivity contribution in [3.8, 4) is 11.6 Å². The summed E-state index contributed by atoms with van der Waals surface area (Å²) < 4.78 is 5.37. The first-order valence-electron chi connectivity index (χ1n) is 4.97. The second-order valence-corrected chi connectivity index (χ2v) is 3.42. The predicted molar refractivity (Wildman–Crippen MR) is 60.2 cm³/mol. The predicted octanol–water partition coefficient (Wildman–Crippen LogP) is 2.28. The molecule has 0 radical (unpaired) electrons. The Kier molecular flexibility index (Phi) is 3.00. The smallest absolute Gasteiger partial charge is 0.339 e. The maximum absolute atomic E-state index is 11.0. The fourth-order valence-corrected chi connectivity index (χ4v) is 1.29. The number of para-hydroxylation sites is 1. The molecule has 1 aromatic heterocycles. The average Bonchev–Trinajstić information content (AvgIpc) is 2.32. The summed E-state index contributed by atoms with van der Waals surface area (Å²) in [5, 5.41) is 16.6. The summed E-state index contributed by atoms with van der Waals surface area (Å²) in [7, 11) is 0. The van der Waals surface area contributed by atoms with Gasteiger partial charge >= 0.3 is 5.97 Å². The second-order valence-electron chi connectivity index (χ2n) is 3.42. The van der Waals surface area contributed by atoms with Crippen molar-refractivity contribution in [2.45, 2.75) is 6.92 Å². The Bertz CT molecular complexity index is 538. The first kappa shape index (κ1) is 11.1. The molecule has 17 heavy (non-hydrogen) atoms. The summed E-state index contributed by atoms with van der Waals surface area (Å²) in [4.78, 5) is 11.0. The van der Waals surface area contributed by atoms with Crippen LogP contribution in [0.3, 0.4) is 0 Å². The van der Waals surface area contributed by atoms with E-state index in [1.54, 1.807) is 30.3 Å². The number of carboxylic acid groups (broad SMARTS) is 1. The average molecular weight is 230 g/mol. The van der Waals surface area contributed by atoms with E-state index in [1.165, 1.54) is 6.07 Å². The fraction of sp³-hybridized carbons (Fsp3) is 0.0833. The van der Waals surface area contributed by atoms with Gasteiger partial charge in [-0.05, 0) is 25.1 Å². The minimum Gasteiger partial charge on any atom is -0.478 e. The number of aromatic carboxylic acids is 1. The highest BCUT2D eigenvalue weighted by atomic mass is 16.5. The Hall–Kier alpha value is -2.43. The van der Waals surface area contributed by atoms with Gasteiger partial charge in [0.05, 0.1) is 5.69 Å². The van der Waals surface area contributed by atoms with E-state index < -0.39 is 5.97 Å². The number of aryl methyl sites for hydroxylation is 1. The van der Waals surface area contributed by atoms with Crippen LogP contribution in [0, 0.1) is 6.92 Å². The molecule has 5 heteroatoms. The van der Waals surface area contributed by atoms with Gasteiger partial charge in [-0.1, -0.05) is 12.1 Å². The number of aromatic nitrogens is 2. The molecule has 0 bridgehead atoms. The maximum Gasteiger partial charge on any atom is 0.339 e. The van der Waals surface area contributed by atoms with Crippen LogP contribution in [0.4, 0.5) is 0 Å². The number of benzene rings is 1. The zero-order valence-corrected chi connectivity index (χ0v) is 9.12. The summed E-state index contributed by atoms with van der Waals surface area (Å²) in [5.41, 5.74) is 0.860. The number of hydrogen-bond acceptors (Lipinski definition) is 4. The number of carbonyl (C=O) groups is 1. The van der Waals surface area contributed by atoms with Crippen molar-refractivity contribution >= 4 is 5.97 Å². The topological polar surface area (TPSA) is 72.3 Å². The first-order valence-corrected chi connectivity index (χ1v) is 4.97. The summed E-state index contributed by atoms with van der Waals surface area (Å²) >= 11 is 0. The molecule has 1 heterocycles. The van der Waals surface area contributed by atoms with E-state index in [4.69, 9.17) is 9.84 Å². The van der Waals surface area contributed by atoms with Gasteiger partial charge in [0.25, 0.3) is 0 Å². The van der Waals surface area contributed by atoms with E-state index in [0.717, 1.165) is 5.69 Å². The first-order chi connectivity index (χ1) is 8.16. The number of nitrogens with zero attached hydrogens (tertiary/aromatic N) is 2. The van der Waals surface area contributed by atoms with Crippen LogP contribution in [0.25, 0.3) is 0 Å². The molecule has 0 spiro atoms. The highest BCUT2D eigenvalue weighted by Crippen LogP contribution is 2.23. The third-order valence-corrected chi connectivity index (χ3v) is 2.11. The minimum absolute atomic E-state index is 0.0925. The molecule has 86 valence electrons. The van der Waals surface area contributed by atoms with E-state index in [9.17, 15) is 4.79 Å². The van der Waals surface area contributed by atoms with Gasteiger partial charge in [0.1, 0.15) is 11.3 Å². The zero-order chi connectivity index (χ0) is 12.3. The van der Waals surface area contributed by atoms with Crippen molar-refractivity contribution in [1.29, 1.82) is 0 Å². The number of ether oxygens (including phenoxy) is 1. The van der Waals surface area contributed by atoms with Crippen LogP contribution in [0.5, 0.6) is 11.6 Å². The monoisotopic (exact) mass is 230 g/mol. The Labute approximate surface area is 97.7 Å². The lowest BCUT2D eigenvalue weighted by Gasteiger charge is -2.06. The van der Waals surface area contributed by atoms with Gasteiger partial charge in [-0.2, -0.15) is 5.10 Å². The summed E-state index contributed by atoms with van der Waals surface area (Å²) in [6, 6.07) is 9.76. The van der Waals surface area contributed by atoms with Gasteiger partial charge in [-0.25, -0.2) is 4.79 Å². The van der Waals surface area contributed by atoms with E-state index in [-0.39, 0.29) is 17.2 Å². The van der Waals surface area contributed by atoms with E-state index in [2.05, 4.69) is 10.2 Å². The molecule has 0 aliphatic heterocycles. The number of hydrogen-bond donors (Lipinski definition) is 1. The molecular weight excluding hydrogens is 220 g/mol. The van der Waals surface area contributed by atoms with Gasteiger partial charge < -0.3 is 9.84 Å². The van der Waals surface area contributed by atoms with Crippen LogP contribution in [-0.2, 0) is 0 Å². The second kappa shape index (κ2) is 4.61. The summed E-state index contributed by atoms with van der Waals surface area (Å²) in [6.07, 6.45) is 0. The van der Waals surface area contributed by atoms with Gasteiger partial charge in [0.2, 0.25) is 5.88 Å². The van der Waals surface area contributed by atoms with Crippen molar-refractivity contribution < 1.29 is 14.6 Å². The molecule has 0 saturated carbocycles. The molecule has 0 aliphatic rings. The van der Waals surface area contributed by atoms with Crippen LogP contribution < -0.4 is 4.74 Å². The third-order valence-electron chi connectivity index (χ3n) is 2.11. The molecule has 5 nitrogen and oxygen atoms in total. The molecule has 0 fully saturated rings.